The highest BCUT2D eigenvalue weighted by molar-refractivity contribution is 9.11. The number of halogens is 2. The first kappa shape index (κ1) is 27.3. The molecule has 6 rings (SSSR count). The molecule has 0 amide bonds. The number of para-hydroxylation sites is 1. The third-order valence-corrected chi connectivity index (χ3v) is 12.3. The molecule has 0 aliphatic rings. The minimum Gasteiger partial charge on any atom is -0.454 e. The van der Waals surface area contributed by atoms with Gasteiger partial charge in [-0.15, -0.1) is 0 Å². The van der Waals surface area contributed by atoms with Crippen molar-refractivity contribution in [2.24, 2.45) is 4.74 Å². The van der Waals surface area contributed by atoms with Gasteiger partial charge >= 0.3 is 0 Å². The number of hydrogen-bond acceptors (Lipinski definition) is 2. The summed E-state index contributed by atoms with van der Waals surface area (Å²) in [5.74, 6) is 0.784. The van der Waals surface area contributed by atoms with Gasteiger partial charge in [-0.1, -0.05) is 91.3 Å². The van der Waals surface area contributed by atoms with E-state index < -0.39 is 7.28 Å². The summed E-state index contributed by atoms with van der Waals surface area (Å²) in [7, 11) is -2.73. The van der Waals surface area contributed by atoms with E-state index in [1.54, 1.807) is 0 Å². The largest absolute Gasteiger partial charge is 0.454 e. The van der Waals surface area contributed by atoms with E-state index in [4.69, 9.17) is 9.27 Å². The van der Waals surface area contributed by atoms with E-state index in [1.807, 2.05) is 18.2 Å². The van der Waals surface area contributed by atoms with Crippen LogP contribution in [0.1, 0.15) is 27.7 Å². The maximum absolute atomic E-state index is 7.26. The van der Waals surface area contributed by atoms with Gasteiger partial charge in [0.25, 0.3) is 0 Å². The van der Waals surface area contributed by atoms with Crippen molar-refractivity contribution in [3.8, 4) is 5.75 Å². The molecule has 0 aliphatic heterocycles. The number of benzene rings is 5. The Kier molecular flexibility index (Phi) is 7.19. The maximum Gasteiger partial charge on any atom is 0.173 e. The van der Waals surface area contributed by atoms with Gasteiger partial charge in [0.15, 0.2) is 7.28 Å². The molecule has 0 radical (unpaired) electrons. The molecule has 6 aromatic rings. The van der Waals surface area contributed by atoms with Gasteiger partial charge in [0.05, 0.1) is 10.2 Å². The molecule has 0 saturated carbocycles. The van der Waals surface area contributed by atoms with Crippen LogP contribution in [0.25, 0.3) is 32.6 Å². The fraction of sp³-hybridized carbons (Fsp3) is 0.176. The summed E-state index contributed by atoms with van der Waals surface area (Å²) in [4.78, 5) is 0. The smallest absolute Gasteiger partial charge is 0.173 e. The fourth-order valence-electron chi connectivity index (χ4n) is 5.51. The fourth-order valence-corrected chi connectivity index (χ4v) is 9.88. The molecule has 0 fully saturated rings. The van der Waals surface area contributed by atoms with Crippen LogP contribution in [0, 0.1) is 0 Å². The van der Waals surface area contributed by atoms with E-state index in [2.05, 4.69) is 149 Å². The van der Waals surface area contributed by atoms with Gasteiger partial charge in [0.2, 0.25) is 0 Å². The summed E-state index contributed by atoms with van der Waals surface area (Å²) in [6.45, 7) is 9.87. The normalized spacial score (nSPS) is 13.6. The molecule has 202 valence electrons. The zero-order valence-corrected chi connectivity index (χ0v) is 27.1. The van der Waals surface area contributed by atoms with Crippen LogP contribution in [0.2, 0.25) is 0 Å². The minimum atomic E-state index is -2.73. The highest BCUT2D eigenvalue weighted by atomic mass is 79.9. The second-order valence-corrected chi connectivity index (χ2v) is 16.1. The summed E-state index contributed by atoms with van der Waals surface area (Å²) in [6.07, 6.45) is 0. The van der Waals surface area contributed by atoms with E-state index >= 15 is 0 Å². The summed E-state index contributed by atoms with van der Waals surface area (Å²) in [6, 6.07) is 36.4. The zero-order valence-electron chi connectivity index (χ0n) is 23.0. The lowest BCUT2D eigenvalue weighted by atomic mass is 10.1. The summed E-state index contributed by atoms with van der Waals surface area (Å²) in [5.41, 5.74) is 3.43. The molecule has 5 aromatic carbocycles. The quantitative estimate of drug-likeness (QED) is 0.167. The third kappa shape index (κ3) is 4.62. The average Bonchev–Trinajstić information content (AvgIpc) is 3.26. The van der Waals surface area contributed by atoms with Crippen molar-refractivity contribution in [3.63, 3.8) is 0 Å². The highest BCUT2D eigenvalue weighted by Crippen LogP contribution is 2.63. The molecule has 0 saturated heterocycles. The Hall–Kier alpha value is -2.85. The monoisotopic (exact) mass is 672 g/mol. The Bertz CT molecular complexity index is 1950. The van der Waals surface area contributed by atoms with E-state index in [1.165, 1.54) is 27.2 Å². The van der Waals surface area contributed by atoms with Crippen LogP contribution in [0.15, 0.2) is 117 Å². The van der Waals surface area contributed by atoms with E-state index in [-0.39, 0.29) is 5.16 Å². The molecule has 0 bridgehead atoms. The molecule has 0 spiro atoms. The number of hydrogen-bond donors (Lipinski definition) is 0. The third-order valence-electron chi connectivity index (χ3n) is 7.47. The van der Waals surface area contributed by atoms with E-state index in [9.17, 15) is 0 Å². The van der Waals surface area contributed by atoms with Gasteiger partial charge in [0, 0.05) is 48.7 Å². The Labute approximate surface area is 252 Å². The average molecular weight is 674 g/mol. The summed E-state index contributed by atoms with van der Waals surface area (Å²) < 4.78 is 17.2. The zero-order chi connectivity index (χ0) is 28.1. The minimum absolute atomic E-state index is 0.312. The predicted molar refractivity (Wildman–Crippen MR) is 180 cm³/mol. The van der Waals surface area contributed by atoms with Crippen molar-refractivity contribution in [3.05, 3.63) is 112 Å². The van der Waals surface area contributed by atoms with Crippen molar-refractivity contribution in [1.82, 2.24) is 4.57 Å². The molecule has 1 aromatic heterocycles. The van der Waals surface area contributed by atoms with E-state index in [0.717, 1.165) is 37.6 Å². The van der Waals surface area contributed by atoms with Crippen molar-refractivity contribution in [2.45, 2.75) is 39.4 Å². The molecule has 1 heterocycles. The van der Waals surface area contributed by atoms with Gasteiger partial charge in [-0.3, -0.25) is 0 Å². The van der Waals surface area contributed by atoms with Gasteiger partial charge in [-0.25, -0.2) is 4.74 Å². The van der Waals surface area contributed by atoms with Crippen LogP contribution in [0.5, 0.6) is 5.75 Å². The first-order chi connectivity index (χ1) is 19.2. The SMILES string of the molecule is CCn1c2ccccc2c2cc([P@](=Nc3cccc4ccccc34)(Oc3ccc(Br)cc3Br)C(C)(C)C)ccc21. The number of aromatic nitrogens is 1. The van der Waals surface area contributed by atoms with Crippen molar-refractivity contribution < 1.29 is 4.52 Å². The molecule has 0 aliphatic carbocycles. The van der Waals surface area contributed by atoms with Crippen molar-refractivity contribution in [1.29, 1.82) is 0 Å². The van der Waals surface area contributed by atoms with Crippen LogP contribution in [0.3, 0.4) is 0 Å². The highest BCUT2D eigenvalue weighted by Gasteiger charge is 2.40. The lowest BCUT2D eigenvalue weighted by Gasteiger charge is -2.37. The molecular formula is C34H31Br2N2OP. The van der Waals surface area contributed by atoms with Crippen LogP contribution in [-0.4, -0.2) is 9.72 Å². The molecule has 40 heavy (non-hydrogen) atoms. The van der Waals surface area contributed by atoms with Crippen LogP contribution in [-0.2, 0) is 6.54 Å². The van der Waals surface area contributed by atoms with Crippen molar-refractivity contribution >= 4 is 82.7 Å². The maximum atomic E-state index is 7.26. The second-order valence-electron chi connectivity index (χ2n) is 11.0. The topological polar surface area (TPSA) is 26.5 Å². The van der Waals surface area contributed by atoms with E-state index in [0.29, 0.717) is 0 Å². The molecule has 0 N–H and O–H groups in total. The Balaban J connectivity index is 1.72. The van der Waals surface area contributed by atoms with Crippen LogP contribution in [0.4, 0.5) is 5.69 Å². The van der Waals surface area contributed by atoms with Gasteiger partial charge in [-0.2, -0.15) is 0 Å². The Morgan fingerprint density at radius 1 is 0.750 bits per heavy atom. The van der Waals surface area contributed by atoms with Crippen LogP contribution < -0.4 is 9.83 Å². The summed E-state index contributed by atoms with van der Waals surface area (Å²) >= 11 is 7.37. The number of fused-ring (bicyclic) bond motifs is 4. The van der Waals surface area contributed by atoms with Gasteiger partial charge < -0.3 is 9.09 Å². The first-order valence-corrected chi connectivity index (χ1v) is 16.7. The lowest BCUT2D eigenvalue weighted by Crippen LogP contribution is -2.27. The Morgan fingerprint density at radius 3 is 2.20 bits per heavy atom. The lowest BCUT2D eigenvalue weighted by molar-refractivity contribution is 0.568. The first-order valence-electron chi connectivity index (χ1n) is 13.5. The molecule has 6 heteroatoms. The standard InChI is InChI=1S/C34H31Br2N2OP/c1-5-38-31-16-9-8-14-27(31)28-22-25(18-19-32(28)38)40(34(2,3)4,39-33-20-17-24(35)21-29(33)36)37-30-15-10-12-23-11-6-7-13-26(23)30/h6-22H,5H2,1-4H3/t40-/m0/s1. The molecule has 1 atom stereocenters. The van der Waals surface area contributed by atoms with Gasteiger partial charge in [-0.05, 0) is 76.8 Å². The molecule has 3 nitrogen and oxygen atoms in total. The number of nitrogens with zero attached hydrogens (tertiary/aromatic N) is 2. The Morgan fingerprint density at radius 2 is 1.45 bits per heavy atom. The molecular weight excluding hydrogens is 643 g/mol. The van der Waals surface area contributed by atoms with Crippen LogP contribution >= 0.6 is 39.1 Å². The van der Waals surface area contributed by atoms with Crippen molar-refractivity contribution in [2.75, 3.05) is 0 Å². The van der Waals surface area contributed by atoms with Gasteiger partial charge in [0.1, 0.15) is 5.75 Å². The summed E-state index contributed by atoms with van der Waals surface area (Å²) in [5, 5.41) is 5.59. The predicted octanol–water partition coefficient (Wildman–Crippen LogP) is 11.4. The number of aryl methyl sites for hydroxylation is 1. The second kappa shape index (κ2) is 10.5. The number of rotatable bonds is 5. The molecule has 0 unspecified atom stereocenters.